The molecule has 1 aliphatic heterocycles. The molecule has 0 bridgehead atoms. The molecule has 0 unspecified atom stereocenters. The zero-order chi connectivity index (χ0) is 14.3. The van der Waals surface area contributed by atoms with Crippen LogP contribution in [0.1, 0.15) is 11.1 Å². The van der Waals surface area contributed by atoms with Gasteiger partial charge in [-0.15, -0.1) is 0 Å². The summed E-state index contributed by atoms with van der Waals surface area (Å²) in [6, 6.07) is 12.8. The molecule has 100 valence electrons. The number of carbonyl (C=O) groups is 1. The molecule has 2 aromatic rings. The van der Waals surface area contributed by atoms with Gasteiger partial charge in [-0.05, 0) is 42.8 Å². The summed E-state index contributed by atoms with van der Waals surface area (Å²) in [5.74, 6) is 0. The number of nitrogens with zero attached hydrogens (tertiary/aromatic N) is 1. The molecule has 0 saturated heterocycles. The van der Waals surface area contributed by atoms with Gasteiger partial charge in [-0.25, -0.2) is 4.79 Å². The van der Waals surface area contributed by atoms with E-state index in [4.69, 9.17) is 11.6 Å². The summed E-state index contributed by atoms with van der Waals surface area (Å²) >= 11 is 5.88. The third kappa shape index (κ3) is 2.06. The van der Waals surface area contributed by atoms with Crippen molar-refractivity contribution in [2.45, 2.75) is 6.92 Å². The molecule has 2 amide bonds. The molecule has 1 heterocycles. The maximum absolute atomic E-state index is 12.3. The summed E-state index contributed by atoms with van der Waals surface area (Å²) in [5, 5.41) is 3.52. The summed E-state index contributed by atoms with van der Waals surface area (Å²) in [4.78, 5) is 13.8. The van der Waals surface area contributed by atoms with Crippen molar-refractivity contribution in [3.63, 3.8) is 0 Å². The number of nitrogens with one attached hydrogen (secondary N) is 1. The predicted molar refractivity (Wildman–Crippen MR) is 83.2 cm³/mol. The lowest BCUT2D eigenvalue weighted by molar-refractivity contribution is 0.259. The van der Waals surface area contributed by atoms with Crippen LogP contribution in [0.2, 0.25) is 5.02 Å². The number of amides is 2. The first kappa shape index (κ1) is 12.8. The van der Waals surface area contributed by atoms with E-state index in [0.717, 1.165) is 22.5 Å². The van der Waals surface area contributed by atoms with Gasteiger partial charge < -0.3 is 5.32 Å². The highest BCUT2D eigenvalue weighted by Gasteiger charge is 2.27. The highest BCUT2D eigenvalue weighted by atomic mass is 35.5. The molecule has 0 radical (unpaired) electrons. The number of anilines is 2. The van der Waals surface area contributed by atoms with Gasteiger partial charge in [0.1, 0.15) is 0 Å². The molecule has 0 saturated carbocycles. The Bertz CT molecular complexity index is 707. The van der Waals surface area contributed by atoms with Crippen LogP contribution in [0.15, 0.2) is 49.0 Å². The quantitative estimate of drug-likeness (QED) is 0.811. The maximum Gasteiger partial charge on any atom is 0.330 e. The minimum absolute atomic E-state index is 0.213. The van der Waals surface area contributed by atoms with Gasteiger partial charge in [0, 0.05) is 10.6 Å². The Morgan fingerprint density at radius 3 is 2.55 bits per heavy atom. The van der Waals surface area contributed by atoms with Crippen LogP contribution in [0.4, 0.5) is 16.2 Å². The average molecular weight is 285 g/mol. The fourth-order valence-corrected chi connectivity index (χ4v) is 2.42. The Morgan fingerprint density at radius 2 is 1.85 bits per heavy atom. The first-order chi connectivity index (χ1) is 9.56. The van der Waals surface area contributed by atoms with Crippen molar-refractivity contribution in [1.29, 1.82) is 0 Å². The molecule has 4 heteroatoms. The molecule has 20 heavy (non-hydrogen) atoms. The number of halogens is 1. The molecule has 0 atom stereocenters. The highest BCUT2D eigenvalue weighted by Crippen LogP contribution is 2.35. The van der Waals surface area contributed by atoms with Crippen molar-refractivity contribution in [2.24, 2.45) is 0 Å². The average Bonchev–Trinajstić information content (AvgIpc) is 2.40. The highest BCUT2D eigenvalue weighted by molar-refractivity contribution is 6.30. The van der Waals surface area contributed by atoms with Crippen LogP contribution in [0.5, 0.6) is 0 Å². The maximum atomic E-state index is 12.3. The summed E-state index contributed by atoms with van der Waals surface area (Å²) in [7, 11) is 0. The molecule has 0 spiro atoms. The molecule has 0 fully saturated rings. The van der Waals surface area contributed by atoms with Crippen LogP contribution in [0.25, 0.3) is 5.70 Å². The standard InChI is InChI=1S/C16H13ClN2O/c1-10-3-8-14-11(2)19(16(20)18-15(14)9-10)13-6-4-12(17)5-7-13/h3-9H,2H2,1H3,(H,18,20). The Labute approximate surface area is 122 Å². The van der Waals surface area contributed by atoms with E-state index in [2.05, 4.69) is 11.9 Å². The third-order valence-corrected chi connectivity index (χ3v) is 3.54. The van der Waals surface area contributed by atoms with Crippen LogP contribution < -0.4 is 10.2 Å². The largest absolute Gasteiger partial charge is 0.330 e. The number of carbonyl (C=O) groups excluding carboxylic acids is 1. The molecule has 0 aliphatic carbocycles. The summed E-state index contributed by atoms with van der Waals surface area (Å²) in [6.45, 7) is 6.03. The second kappa shape index (κ2) is 4.69. The fraction of sp³-hybridized carbons (Fsp3) is 0.0625. The van der Waals surface area contributed by atoms with Crippen molar-refractivity contribution < 1.29 is 4.79 Å². The lowest BCUT2D eigenvalue weighted by Crippen LogP contribution is -2.37. The smallest absolute Gasteiger partial charge is 0.307 e. The molecule has 2 aromatic carbocycles. The SMILES string of the molecule is C=C1c2ccc(C)cc2NC(=O)N1c1ccc(Cl)cc1. The van der Waals surface area contributed by atoms with Crippen molar-refractivity contribution >= 4 is 34.7 Å². The van der Waals surface area contributed by atoms with Crippen molar-refractivity contribution in [1.82, 2.24) is 0 Å². The Kier molecular flexibility index (Phi) is 2.99. The molecule has 1 aliphatic rings. The zero-order valence-corrected chi connectivity index (χ0v) is 11.7. The van der Waals surface area contributed by atoms with Gasteiger partial charge in [-0.3, -0.25) is 4.90 Å². The van der Waals surface area contributed by atoms with Crippen LogP contribution >= 0.6 is 11.6 Å². The lowest BCUT2D eigenvalue weighted by Gasteiger charge is -2.31. The second-order valence-corrected chi connectivity index (χ2v) is 5.17. The van der Waals surface area contributed by atoms with Crippen LogP contribution in [-0.2, 0) is 0 Å². The topological polar surface area (TPSA) is 32.3 Å². The van der Waals surface area contributed by atoms with Gasteiger partial charge in [0.25, 0.3) is 0 Å². The van der Waals surface area contributed by atoms with E-state index in [-0.39, 0.29) is 6.03 Å². The van der Waals surface area contributed by atoms with Gasteiger partial charge in [-0.2, -0.15) is 0 Å². The molecule has 3 nitrogen and oxygen atoms in total. The van der Waals surface area contributed by atoms with Gasteiger partial charge in [0.05, 0.1) is 17.1 Å². The van der Waals surface area contributed by atoms with Crippen molar-refractivity contribution in [2.75, 3.05) is 10.2 Å². The summed E-state index contributed by atoms with van der Waals surface area (Å²) < 4.78 is 0. The van der Waals surface area contributed by atoms with Gasteiger partial charge in [0.2, 0.25) is 0 Å². The normalized spacial score (nSPS) is 14.0. The van der Waals surface area contributed by atoms with Gasteiger partial charge >= 0.3 is 6.03 Å². The molecular weight excluding hydrogens is 272 g/mol. The van der Waals surface area contributed by atoms with Crippen molar-refractivity contribution in [3.05, 3.63) is 65.2 Å². The van der Waals surface area contributed by atoms with E-state index in [9.17, 15) is 4.79 Å². The van der Waals surface area contributed by atoms with E-state index in [1.54, 1.807) is 29.2 Å². The molecule has 1 N–H and O–H groups in total. The van der Waals surface area contributed by atoms with E-state index in [1.165, 1.54) is 0 Å². The summed E-state index contributed by atoms with van der Waals surface area (Å²) in [5.41, 5.74) is 4.21. The van der Waals surface area contributed by atoms with Crippen molar-refractivity contribution in [3.8, 4) is 0 Å². The second-order valence-electron chi connectivity index (χ2n) is 4.74. The first-order valence-electron chi connectivity index (χ1n) is 6.23. The number of hydrogen-bond donors (Lipinski definition) is 1. The fourth-order valence-electron chi connectivity index (χ4n) is 2.29. The zero-order valence-electron chi connectivity index (χ0n) is 11.0. The van der Waals surface area contributed by atoms with Gasteiger partial charge in [0.15, 0.2) is 0 Å². The van der Waals surface area contributed by atoms with E-state index in [0.29, 0.717) is 10.7 Å². The Morgan fingerprint density at radius 1 is 1.15 bits per heavy atom. The minimum atomic E-state index is -0.213. The Hall–Kier alpha value is -2.26. The van der Waals surface area contributed by atoms with Gasteiger partial charge in [-0.1, -0.05) is 30.3 Å². The number of fused-ring (bicyclic) bond motifs is 1. The molecular formula is C16H13ClN2O. The van der Waals surface area contributed by atoms with Crippen LogP contribution in [0.3, 0.4) is 0 Å². The number of hydrogen-bond acceptors (Lipinski definition) is 1. The predicted octanol–water partition coefficient (Wildman–Crippen LogP) is 4.67. The number of rotatable bonds is 1. The first-order valence-corrected chi connectivity index (χ1v) is 6.60. The monoisotopic (exact) mass is 284 g/mol. The van der Waals surface area contributed by atoms with E-state index in [1.807, 2.05) is 25.1 Å². The third-order valence-electron chi connectivity index (χ3n) is 3.29. The lowest BCUT2D eigenvalue weighted by atomic mass is 10.0. The number of urea groups is 1. The van der Waals surface area contributed by atoms with E-state index < -0.39 is 0 Å². The van der Waals surface area contributed by atoms with Crippen LogP contribution in [0, 0.1) is 6.92 Å². The molecule has 0 aromatic heterocycles. The van der Waals surface area contributed by atoms with E-state index >= 15 is 0 Å². The van der Waals surface area contributed by atoms with Crippen LogP contribution in [-0.4, -0.2) is 6.03 Å². The minimum Gasteiger partial charge on any atom is -0.307 e. The molecule has 3 rings (SSSR count). The summed E-state index contributed by atoms with van der Waals surface area (Å²) in [6.07, 6.45) is 0. The number of aryl methyl sites for hydroxylation is 1. The Balaban J connectivity index is 2.06. The number of benzene rings is 2.